The van der Waals surface area contributed by atoms with Gasteiger partial charge in [0.1, 0.15) is 22.3 Å². The monoisotopic (exact) mass is 698 g/mol. The zero-order chi connectivity index (χ0) is 34.2. The first kappa shape index (κ1) is 32.8. The molecule has 0 spiro atoms. The SMILES string of the molecule is C.C.c1ccc(N(c2cccc3oc4ccccc4c23)c2cccc3oc4ccc(-c5ccc6c(c5)c5ccccc5n6-c5ccccc5)cc4c23)cc1. The smallest absolute Gasteiger partial charge is 0.137 e. The summed E-state index contributed by atoms with van der Waals surface area (Å²) in [6, 6.07) is 64.2. The lowest BCUT2D eigenvalue weighted by molar-refractivity contribution is 0.669. The summed E-state index contributed by atoms with van der Waals surface area (Å²) in [6.45, 7) is 0. The molecule has 54 heavy (non-hydrogen) atoms. The Morgan fingerprint density at radius 2 is 0.889 bits per heavy atom. The van der Waals surface area contributed by atoms with Gasteiger partial charge >= 0.3 is 0 Å². The van der Waals surface area contributed by atoms with Crippen LogP contribution in [0.3, 0.4) is 0 Å². The molecular formula is C50H38N2O2. The Morgan fingerprint density at radius 3 is 1.61 bits per heavy atom. The number of furan rings is 2. The van der Waals surface area contributed by atoms with Gasteiger partial charge in [0.2, 0.25) is 0 Å². The molecule has 0 radical (unpaired) electrons. The number of hydrogen-bond donors (Lipinski definition) is 0. The number of hydrogen-bond acceptors (Lipinski definition) is 3. The molecule has 11 rings (SSSR count). The second-order valence-corrected chi connectivity index (χ2v) is 13.3. The average molecular weight is 699 g/mol. The molecule has 0 aliphatic carbocycles. The minimum Gasteiger partial charge on any atom is -0.456 e. The molecule has 0 fully saturated rings. The molecule has 0 saturated heterocycles. The predicted octanol–water partition coefficient (Wildman–Crippen LogP) is 15.0. The lowest BCUT2D eigenvalue weighted by Crippen LogP contribution is -2.10. The topological polar surface area (TPSA) is 34.5 Å². The minimum atomic E-state index is 0. The molecule has 3 heterocycles. The van der Waals surface area contributed by atoms with Gasteiger partial charge in [0.15, 0.2) is 0 Å². The van der Waals surface area contributed by atoms with E-state index in [9.17, 15) is 0 Å². The average Bonchev–Trinajstić information content (AvgIpc) is 3.88. The highest BCUT2D eigenvalue weighted by Gasteiger charge is 2.23. The van der Waals surface area contributed by atoms with Gasteiger partial charge in [-0.05, 0) is 96.1 Å². The van der Waals surface area contributed by atoms with Crippen LogP contribution in [0, 0.1) is 0 Å². The fourth-order valence-electron chi connectivity index (χ4n) is 8.11. The van der Waals surface area contributed by atoms with E-state index in [1.165, 1.54) is 21.8 Å². The molecule has 0 N–H and O–H groups in total. The number of fused-ring (bicyclic) bond motifs is 9. The zero-order valence-electron chi connectivity index (χ0n) is 28.0. The van der Waals surface area contributed by atoms with Crippen molar-refractivity contribution in [2.45, 2.75) is 14.9 Å². The summed E-state index contributed by atoms with van der Waals surface area (Å²) in [7, 11) is 0. The van der Waals surface area contributed by atoms with Crippen molar-refractivity contribution in [3.8, 4) is 16.8 Å². The molecule has 0 amide bonds. The Balaban J connectivity index is 0.00000192. The van der Waals surface area contributed by atoms with Gasteiger partial charge in [0, 0.05) is 32.9 Å². The Kier molecular flexibility index (Phi) is 7.83. The molecule has 0 bridgehead atoms. The highest BCUT2D eigenvalue weighted by atomic mass is 16.3. The van der Waals surface area contributed by atoms with E-state index in [1.54, 1.807) is 0 Å². The third kappa shape index (κ3) is 4.91. The van der Waals surface area contributed by atoms with Gasteiger partial charge in [-0.3, -0.25) is 0 Å². The van der Waals surface area contributed by atoms with Crippen molar-refractivity contribution in [1.82, 2.24) is 4.57 Å². The summed E-state index contributed by atoms with van der Waals surface area (Å²) in [5.41, 5.74) is 12.4. The first-order valence-electron chi connectivity index (χ1n) is 17.6. The van der Waals surface area contributed by atoms with Crippen molar-refractivity contribution >= 4 is 82.7 Å². The van der Waals surface area contributed by atoms with E-state index in [4.69, 9.17) is 8.83 Å². The minimum absolute atomic E-state index is 0. The summed E-state index contributed by atoms with van der Waals surface area (Å²) in [5, 5.41) is 6.76. The summed E-state index contributed by atoms with van der Waals surface area (Å²) in [4.78, 5) is 2.35. The van der Waals surface area contributed by atoms with E-state index in [-0.39, 0.29) is 14.9 Å². The van der Waals surface area contributed by atoms with Gasteiger partial charge in [0.25, 0.3) is 0 Å². The van der Waals surface area contributed by atoms with Gasteiger partial charge in [-0.2, -0.15) is 0 Å². The molecule has 8 aromatic carbocycles. The Bertz CT molecular complexity index is 3130. The van der Waals surface area contributed by atoms with Gasteiger partial charge < -0.3 is 18.3 Å². The molecule has 0 saturated carbocycles. The van der Waals surface area contributed by atoms with E-state index in [0.29, 0.717) is 0 Å². The number of aromatic nitrogens is 1. The predicted molar refractivity (Wildman–Crippen MR) is 229 cm³/mol. The number of anilines is 3. The molecular weight excluding hydrogens is 661 g/mol. The Hall–Kier alpha value is -7.04. The number of nitrogens with zero attached hydrogens (tertiary/aromatic N) is 2. The fourth-order valence-corrected chi connectivity index (χ4v) is 8.11. The van der Waals surface area contributed by atoms with E-state index in [2.05, 4.69) is 179 Å². The van der Waals surface area contributed by atoms with Gasteiger partial charge in [-0.15, -0.1) is 0 Å². The molecule has 0 aliphatic rings. The molecule has 11 aromatic rings. The largest absolute Gasteiger partial charge is 0.456 e. The quantitative estimate of drug-likeness (QED) is 0.179. The molecule has 260 valence electrons. The summed E-state index contributed by atoms with van der Waals surface area (Å²) in [6.07, 6.45) is 0. The molecule has 3 aromatic heterocycles. The summed E-state index contributed by atoms with van der Waals surface area (Å²) >= 11 is 0. The molecule has 4 heteroatoms. The van der Waals surface area contributed by atoms with Crippen LogP contribution in [-0.4, -0.2) is 4.57 Å². The van der Waals surface area contributed by atoms with Gasteiger partial charge in [-0.1, -0.05) is 112 Å². The van der Waals surface area contributed by atoms with Crippen molar-refractivity contribution in [3.05, 3.63) is 182 Å². The fraction of sp³-hybridized carbons (Fsp3) is 0.0400. The zero-order valence-corrected chi connectivity index (χ0v) is 28.0. The van der Waals surface area contributed by atoms with E-state index >= 15 is 0 Å². The molecule has 0 atom stereocenters. The highest BCUT2D eigenvalue weighted by Crippen LogP contribution is 2.47. The van der Waals surface area contributed by atoms with Crippen LogP contribution in [0.15, 0.2) is 191 Å². The second kappa shape index (κ2) is 12.9. The maximum Gasteiger partial charge on any atom is 0.137 e. The van der Waals surface area contributed by atoms with Crippen LogP contribution in [0.2, 0.25) is 0 Å². The number of benzene rings is 8. The highest BCUT2D eigenvalue weighted by molar-refractivity contribution is 6.18. The van der Waals surface area contributed by atoms with E-state index in [0.717, 1.165) is 77.8 Å². The van der Waals surface area contributed by atoms with Crippen LogP contribution in [0.5, 0.6) is 0 Å². The summed E-state index contributed by atoms with van der Waals surface area (Å²) in [5.74, 6) is 0. The van der Waals surface area contributed by atoms with E-state index in [1.807, 2.05) is 12.1 Å². The summed E-state index contributed by atoms with van der Waals surface area (Å²) < 4.78 is 15.3. The maximum atomic E-state index is 6.58. The van der Waals surface area contributed by atoms with Crippen molar-refractivity contribution in [3.63, 3.8) is 0 Å². The van der Waals surface area contributed by atoms with Crippen molar-refractivity contribution in [2.24, 2.45) is 0 Å². The van der Waals surface area contributed by atoms with Gasteiger partial charge in [0.05, 0.1) is 33.2 Å². The number of para-hydroxylation sites is 4. The number of rotatable bonds is 5. The van der Waals surface area contributed by atoms with Crippen LogP contribution in [0.25, 0.3) is 82.5 Å². The van der Waals surface area contributed by atoms with Crippen LogP contribution >= 0.6 is 0 Å². The van der Waals surface area contributed by atoms with Crippen LogP contribution in [-0.2, 0) is 0 Å². The normalized spacial score (nSPS) is 11.4. The third-order valence-electron chi connectivity index (χ3n) is 10.4. The molecule has 0 aliphatic heterocycles. The van der Waals surface area contributed by atoms with Crippen molar-refractivity contribution in [1.29, 1.82) is 0 Å². The third-order valence-corrected chi connectivity index (χ3v) is 10.4. The lowest BCUT2D eigenvalue weighted by atomic mass is 9.99. The van der Waals surface area contributed by atoms with Crippen LogP contribution < -0.4 is 4.90 Å². The first-order valence-corrected chi connectivity index (χ1v) is 17.6. The van der Waals surface area contributed by atoms with Gasteiger partial charge in [-0.25, -0.2) is 0 Å². The van der Waals surface area contributed by atoms with Crippen molar-refractivity contribution < 1.29 is 8.83 Å². The Morgan fingerprint density at radius 1 is 0.370 bits per heavy atom. The van der Waals surface area contributed by atoms with E-state index < -0.39 is 0 Å². The maximum absolute atomic E-state index is 6.58. The standard InChI is InChI=1S/C48H30N2O2.2CH4/c1-3-13-33(14-4-1)49-39-19-9-7-17-35(39)37-29-31(25-27-40(37)49)32-26-28-44-38(30-32)48-42(21-12-24-46(48)52-44)50(34-15-5-2-6-16-34)41-20-11-23-45-47(41)36-18-8-10-22-43(36)51-45;;/h1-30H;2*1H4. The molecule has 0 unspecified atom stereocenters. The van der Waals surface area contributed by atoms with Crippen molar-refractivity contribution in [2.75, 3.05) is 4.90 Å². The second-order valence-electron chi connectivity index (χ2n) is 13.3. The van der Waals surface area contributed by atoms with Crippen LogP contribution in [0.1, 0.15) is 14.9 Å². The Labute approximate surface area is 313 Å². The first-order chi connectivity index (χ1) is 25.8. The molecule has 4 nitrogen and oxygen atoms in total. The lowest BCUT2D eigenvalue weighted by Gasteiger charge is -2.27. The van der Waals surface area contributed by atoms with Crippen LogP contribution in [0.4, 0.5) is 17.1 Å².